The molecule has 5 aromatic rings. The largest absolute Gasteiger partial charge is 0.436 e. The van der Waals surface area contributed by atoms with Crippen LogP contribution in [-0.2, 0) is 11.8 Å². The Bertz CT molecular complexity index is 1770. The topological polar surface area (TPSA) is 135 Å². The molecule has 0 spiro atoms. The van der Waals surface area contributed by atoms with Gasteiger partial charge in [-0.3, -0.25) is 19.5 Å². The summed E-state index contributed by atoms with van der Waals surface area (Å²) in [7, 11) is 1.76. The second kappa shape index (κ2) is 9.89. The van der Waals surface area contributed by atoms with Gasteiger partial charge < -0.3 is 14.6 Å². The highest BCUT2D eigenvalue weighted by atomic mass is 16.3. The van der Waals surface area contributed by atoms with Crippen molar-refractivity contribution in [1.82, 2.24) is 40.0 Å². The summed E-state index contributed by atoms with van der Waals surface area (Å²) in [6.45, 7) is 2.75. The number of pyridine rings is 1. The molecule has 1 N–H and O–H groups in total. The number of amides is 2. The van der Waals surface area contributed by atoms with E-state index in [9.17, 15) is 9.59 Å². The van der Waals surface area contributed by atoms with Gasteiger partial charge in [0, 0.05) is 49.5 Å². The molecular formula is C29H27N9O3. The van der Waals surface area contributed by atoms with Gasteiger partial charge in [0.2, 0.25) is 11.8 Å². The molecule has 2 aliphatic heterocycles. The van der Waals surface area contributed by atoms with Gasteiger partial charge in [-0.25, -0.2) is 4.98 Å². The van der Waals surface area contributed by atoms with Crippen molar-refractivity contribution in [2.75, 3.05) is 18.4 Å². The number of carbonyl (C=O) groups is 2. The number of rotatable bonds is 6. The number of oxazole rings is 1. The van der Waals surface area contributed by atoms with E-state index >= 15 is 0 Å². The number of aromatic nitrogens is 6. The molecule has 2 bridgehead atoms. The van der Waals surface area contributed by atoms with Gasteiger partial charge in [-0.05, 0) is 47.5 Å². The number of aryl methyl sites for hydroxylation is 1. The van der Waals surface area contributed by atoms with Crippen molar-refractivity contribution < 1.29 is 14.0 Å². The van der Waals surface area contributed by atoms with E-state index in [0.29, 0.717) is 52.8 Å². The Morgan fingerprint density at radius 1 is 1.05 bits per heavy atom. The maximum Gasteiger partial charge on any atom is 0.272 e. The van der Waals surface area contributed by atoms with Gasteiger partial charge in [0.15, 0.2) is 11.4 Å². The van der Waals surface area contributed by atoms with Crippen LogP contribution in [0, 0.1) is 0 Å². The van der Waals surface area contributed by atoms with E-state index < -0.39 is 0 Å². The van der Waals surface area contributed by atoms with Gasteiger partial charge in [0.25, 0.3) is 5.91 Å². The highest BCUT2D eigenvalue weighted by molar-refractivity contribution is 5.94. The Morgan fingerprint density at radius 3 is 2.63 bits per heavy atom. The van der Waals surface area contributed by atoms with Crippen molar-refractivity contribution in [3.8, 4) is 11.5 Å². The Morgan fingerprint density at radius 2 is 1.90 bits per heavy atom. The van der Waals surface area contributed by atoms with Gasteiger partial charge in [-0.15, -0.1) is 10.2 Å². The van der Waals surface area contributed by atoms with Crippen molar-refractivity contribution in [3.63, 3.8) is 0 Å². The van der Waals surface area contributed by atoms with Gasteiger partial charge in [-0.1, -0.05) is 30.3 Å². The van der Waals surface area contributed by atoms with Crippen LogP contribution in [0.3, 0.4) is 0 Å². The van der Waals surface area contributed by atoms with Crippen LogP contribution in [0.2, 0.25) is 0 Å². The molecule has 41 heavy (non-hydrogen) atoms. The highest BCUT2D eigenvalue weighted by Gasteiger charge is 2.49. The van der Waals surface area contributed by atoms with E-state index in [-0.39, 0.29) is 29.9 Å². The fourth-order valence-electron chi connectivity index (χ4n) is 5.95. The van der Waals surface area contributed by atoms with Crippen molar-refractivity contribution in [2.24, 2.45) is 7.05 Å². The van der Waals surface area contributed by atoms with Crippen LogP contribution in [0.1, 0.15) is 41.3 Å². The van der Waals surface area contributed by atoms with E-state index in [1.54, 1.807) is 43.6 Å². The van der Waals surface area contributed by atoms with E-state index in [0.717, 1.165) is 12.0 Å². The number of nitrogens with zero attached hydrogens (tertiary/aromatic N) is 8. The molecule has 2 amide bonds. The molecule has 0 aliphatic carbocycles. The summed E-state index contributed by atoms with van der Waals surface area (Å²) in [6.07, 6.45) is 2.47. The van der Waals surface area contributed by atoms with Crippen LogP contribution in [-0.4, -0.2) is 77.0 Å². The fraction of sp³-hybridized carbons (Fsp3) is 0.276. The first kappa shape index (κ1) is 25.0. The van der Waals surface area contributed by atoms with Crippen LogP contribution < -0.4 is 5.32 Å². The number of hydrogen-bond donors (Lipinski definition) is 1. The predicted molar refractivity (Wildman–Crippen MR) is 149 cm³/mol. The van der Waals surface area contributed by atoms with Crippen LogP contribution in [0.25, 0.3) is 22.6 Å². The Balaban J connectivity index is 1.11. The first-order valence-electron chi connectivity index (χ1n) is 13.4. The number of benzene rings is 2. The summed E-state index contributed by atoms with van der Waals surface area (Å²) >= 11 is 0. The number of tetrazole rings is 1. The van der Waals surface area contributed by atoms with E-state index in [1.807, 2.05) is 23.1 Å². The number of nitrogens with one attached hydrogen (secondary N) is 1. The molecule has 2 aromatic carbocycles. The van der Waals surface area contributed by atoms with E-state index in [4.69, 9.17) is 4.42 Å². The molecule has 5 heterocycles. The Kier molecular flexibility index (Phi) is 6.04. The summed E-state index contributed by atoms with van der Waals surface area (Å²) in [5.74, 6) is 0.760. The maximum atomic E-state index is 13.7. The first-order valence-corrected chi connectivity index (χ1v) is 13.4. The second-order valence-corrected chi connectivity index (χ2v) is 10.5. The number of fused-ring (bicyclic) bond motifs is 3. The molecule has 2 saturated heterocycles. The molecule has 3 aromatic heterocycles. The average Bonchev–Trinajstić information content (AvgIpc) is 3.77. The van der Waals surface area contributed by atoms with Crippen LogP contribution in [0.5, 0.6) is 0 Å². The minimum Gasteiger partial charge on any atom is -0.436 e. The molecule has 12 nitrogen and oxygen atoms in total. The van der Waals surface area contributed by atoms with Crippen molar-refractivity contribution in [3.05, 3.63) is 83.9 Å². The minimum absolute atomic E-state index is 0.0531. The van der Waals surface area contributed by atoms with Gasteiger partial charge >= 0.3 is 0 Å². The zero-order chi connectivity index (χ0) is 28.1. The smallest absolute Gasteiger partial charge is 0.272 e. The highest BCUT2D eigenvalue weighted by Crippen LogP contribution is 2.39. The molecule has 3 atom stereocenters. The molecule has 0 unspecified atom stereocenters. The van der Waals surface area contributed by atoms with Crippen molar-refractivity contribution in [1.29, 1.82) is 0 Å². The standard InChI is InChI=1S/C29H27N9O3/c1-17(39)31-20-8-9-25-23(13-20)32-28(41-25)19-10-11-30-24(12-19)29(40)38-16-21-14-22(38)15-37(21)26(18-6-4-3-5-7-18)27-33-35-36(2)34-27/h3-13,21-22,26H,14-16H2,1-2H3,(H,31,39)/t21-,22-,26-/m0/s1. The summed E-state index contributed by atoms with van der Waals surface area (Å²) in [6, 6.07) is 19.0. The number of hydrogen-bond acceptors (Lipinski definition) is 9. The number of anilines is 1. The van der Waals surface area contributed by atoms with Gasteiger partial charge in [0.05, 0.1) is 13.1 Å². The number of carbonyl (C=O) groups excluding carboxylic acids is 2. The van der Waals surface area contributed by atoms with Crippen molar-refractivity contribution in [2.45, 2.75) is 31.5 Å². The third kappa shape index (κ3) is 4.61. The number of likely N-dealkylation sites (tertiary alicyclic amines) is 2. The maximum absolute atomic E-state index is 13.7. The summed E-state index contributed by atoms with van der Waals surface area (Å²) in [5, 5.41) is 15.7. The number of piperazine rings is 1. The molecule has 12 heteroatoms. The zero-order valence-corrected chi connectivity index (χ0v) is 22.5. The third-order valence-corrected chi connectivity index (χ3v) is 7.69. The Labute approximate surface area is 235 Å². The lowest BCUT2D eigenvalue weighted by atomic mass is 10.0. The lowest BCUT2D eigenvalue weighted by Crippen LogP contribution is -2.50. The fourth-order valence-corrected chi connectivity index (χ4v) is 5.95. The third-order valence-electron chi connectivity index (χ3n) is 7.69. The Hall–Kier alpha value is -4.97. The molecule has 0 radical (unpaired) electrons. The molecule has 0 saturated carbocycles. The van der Waals surface area contributed by atoms with Crippen molar-refractivity contribution >= 4 is 28.6 Å². The molecular weight excluding hydrogens is 522 g/mol. The molecule has 2 aliphatic rings. The quantitative estimate of drug-likeness (QED) is 0.339. The SMILES string of the molecule is CC(=O)Nc1ccc2oc(-c3ccnc(C(=O)N4C[C@@H]5C[C@H]4CN5[C@@H](c4ccccc4)c4nnn(C)n4)c3)nc2c1. The minimum atomic E-state index is -0.162. The van der Waals surface area contributed by atoms with E-state index in [1.165, 1.54) is 11.7 Å². The molecule has 206 valence electrons. The van der Waals surface area contributed by atoms with Crippen LogP contribution in [0.15, 0.2) is 71.3 Å². The first-order chi connectivity index (χ1) is 19.9. The molecule has 7 rings (SSSR count). The van der Waals surface area contributed by atoms with E-state index in [2.05, 4.69) is 47.7 Å². The monoisotopic (exact) mass is 549 g/mol. The second-order valence-electron chi connectivity index (χ2n) is 10.5. The summed E-state index contributed by atoms with van der Waals surface area (Å²) < 4.78 is 5.95. The van der Waals surface area contributed by atoms with Crippen LogP contribution >= 0.6 is 0 Å². The van der Waals surface area contributed by atoms with Gasteiger partial charge in [-0.2, -0.15) is 4.80 Å². The predicted octanol–water partition coefficient (Wildman–Crippen LogP) is 3.06. The lowest BCUT2D eigenvalue weighted by Gasteiger charge is -2.37. The lowest BCUT2D eigenvalue weighted by molar-refractivity contribution is -0.114. The summed E-state index contributed by atoms with van der Waals surface area (Å²) in [4.78, 5) is 39.8. The van der Waals surface area contributed by atoms with Gasteiger partial charge in [0.1, 0.15) is 11.2 Å². The summed E-state index contributed by atoms with van der Waals surface area (Å²) in [5.41, 5.74) is 3.93. The normalized spacial score (nSPS) is 19.1. The average molecular weight is 550 g/mol. The van der Waals surface area contributed by atoms with Crippen LogP contribution in [0.4, 0.5) is 5.69 Å². The molecule has 2 fully saturated rings. The zero-order valence-electron chi connectivity index (χ0n) is 22.5.